The molecule has 0 unspecified atom stereocenters. The molecule has 0 heterocycles. The Morgan fingerprint density at radius 1 is 1.32 bits per heavy atom. The fraction of sp³-hybridized carbons (Fsp3) is 0.200. The molecule has 19 heavy (non-hydrogen) atoms. The zero-order valence-electron chi connectivity index (χ0n) is 9.35. The summed E-state index contributed by atoms with van der Waals surface area (Å²) >= 11 is 0. The molecule has 0 fully saturated rings. The zero-order valence-corrected chi connectivity index (χ0v) is 10.2. The Bertz CT molecular complexity index is 683. The van der Waals surface area contributed by atoms with Crippen LogP contribution in [0.5, 0.6) is 0 Å². The SMILES string of the molecule is CS(=O)(=O)C#Cc1cc(C(F)(F)F)ccc1[N+](=O)[O-]. The lowest BCUT2D eigenvalue weighted by molar-refractivity contribution is -0.385. The van der Waals surface area contributed by atoms with Gasteiger partial charge in [0.25, 0.3) is 5.69 Å². The molecule has 0 amide bonds. The number of hydrogen-bond donors (Lipinski definition) is 0. The van der Waals surface area contributed by atoms with E-state index < -0.39 is 37.8 Å². The van der Waals surface area contributed by atoms with Crippen molar-refractivity contribution >= 4 is 15.5 Å². The molecule has 0 aliphatic rings. The van der Waals surface area contributed by atoms with Gasteiger partial charge in [0.1, 0.15) is 5.56 Å². The van der Waals surface area contributed by atoms with Crippen LogP contribution in [0.3, 0.4) is 0 Å². The average molecular weight is 293 g/mol. The highest BCUT2D eigenvalue weighted by atomic mass is 32.2. The molecule has 0 saturated heterocycles. The molecule has 1 aromatic rings. The minimum absolute atomic E-state index is 0.441. The molecule has 0 aliphatic carbocycles. The van der Waals surface area contributed by atoms with Crippen LogP contribution in [0.15, 0.2) is 18.2 Å². The average Bonchev–Trinajstić information content (AvgIpc) is 2.23. The van der Waals surface area contributed by atoms with Gasteiger partial charge in [0.15, 0.2) is 0 Å². The first-order valence-corrected chi connectivity index (χ1v) is 6.48. The van der Waals surface area contributed by atoms with E-state index in [-0.39, 0.29) is 0 Å². The van der Waals surface area contributed by atoms with Gasteiger partial charge in [-0.1, -0.05) is 0 Å². The van der Waals surface area contributed by atoms with Crippen molar-refractivity contribution in [1.29, 1.82) is 0 Å². The standard InChI is InChI=1S/C10H6F3NO4S/c1-19(17,18)5-4-7-6-8(10(11,12)13)2-3-9(7)14(15)16/h2-3,6H,1H3. The second-order valence-electron chi connectivity index (χ2n) is 3.49. The highest BCUT2D eigenvalue weighted by Gasteiger charge is 2.32. The summed E-state index contributed by atoms with van der Waals surface area (Å²) in [7, 11) is -3.78. The molecule has 0 aliphatic heterocycles. The molecule has 1 aromatic carbocycles. The Kier molecular flexibility index (Phi) is 3.86. The minimum atomic E-state index is -4.70. The predicted octanol–water partition coefficient (Wildman–Crippen LogP) is 1.97. The van der Waals surface area contributed by atoms with E-state index in [0.717, 1.165) is 6.26 Å². The second-order valence-corrected chi connectivity index (χ2v) is 5.23. The van der Waals surface area contributed by atoms with Crippen molar-refractivity contribution in [2.24, 2.45) is 0 Å². The van der Waals surface area contributed by atoms with E-state index in [1.165, 1.54) is 0 Å². The van der Waals surface area contributed by atoms with Gasteiger partial charge >= 0.3 is 6.18 Å². The molecule has 9 heteroatoms. The maximum Gasteiger partial charge on any atom is 0.416 e. The van der Waals surface area contributed by atoms with Crippen molar-refractivity contribution in [3.8, 4) is 11.2 Å². The fourth-order valence-corrected chi connectivity index (χ4v) is 1.41. The second kappa shape index (κ2) is 4.89. The van der Waals surface area contributed by atoms with E-state index in [0.29, 0.717) is 18.2 Å². The third kappa shape index (κ3) is 4.26. The van der Waals surface area contributed by atoms with Crippen LogP contribution in [0.25, 0.3) is 0 Å². The van der Waals surface area contributed by atoms with E-state index in [1.54, 1.807) is 5.25 Å². The summed E-state index contributed by atoms with van der Waals surface area (Å²) in [6.07, 6.45) is -3.96. The molecule has 0 atom stereocenters. The number of hydrogen-bond acceptors (Lipinski definition) is 4. The summed E-state index contributed by atoms with van der Waals surface area (Å²) in [4.78, 5) is 9.68. The number of alkyl halides is 3. The van der Waals surface area contributed by atoms with Crippen molar-refractivity contribution in [1.82, 2.24) is 0 Å². The van der Waals surface area contributed by atoms with Gasteiger partial charge in [-0.25, -0.2) is 8.42 Å². The summed E-state index contributed by atoms with van der Waals surface area (Å²) in [6.45, 7) is 0. The van der Waals surface area contributed by atoms with Gasteiger partial charge < -0.3 is 0 Å². The highest BCUT2D eigenvalue weighted by Crippen LogP contribution is 2.32. The number of sulfone groups is 1. The third-order valence-corrected chi connectivity index (χ3v) is 2.36. The summed E-state index contributed by atoms with van der Waals surface area (Å²) < 4.78 is 58.9. The van der Waals surface area contributed by atoms with Crippen LogP contribution in [0.1, 0.15) is 11.1 Å². The van der Waals surface area contributed by atoms with Gasteiger partial charge in [-0.2, -0.15) is 13.2 Å². The van der Waals surface area contributed by atoms with Crippen molar-refractivity contribution in [2.45, 2.75) is 6.18 Å². The molecule has 0 radical (unpaired) electrons. The van der Waals surface area contributed by atoms with Gasteiger partial charge in [0, 0.05) is 11.3 Å². The van der Waals surface area contributed by atoms with Gasteiger partial charge in [-0.3, -0.25) is 10.1 Å². The van der Waals surface area contributed by atoms with Gasteiger partial charge in [-0.15, -0.1) is 0 Å². The molecule has 5 nitrogen and oxygen atoms in total. The van der Waals surface area contributed by atoms with E-state index in [9.17, 15) is 31.7 Å². The van der Waals surface area contributed by atoms with E-state index >= 15 is 0 Å². The molecule has 0 bridgehead atoms. The number of halogens is 3. The van der Waals surface area contributed by atoms with Crippen LogP contribution in [-0.2, 0) is 16.0 Å². The maximum atomic E-state index is 12.4. The van der Waals surface area contributed by atoms with Gasteiger partial charge in [0.2, 0.25) is 9.84 Å². The van der Waals surface area contributed by atoms with Crippen LogP contribution in [0, 0.1) is 21.3 Å². The summed E-state index contributed by atoms with van der Waals surface area (Å²) in [5, 5.41) is 12.3. The molecule has 0 N–H and O–H groups in total. The van der Waals surface area contributed by atoms with Crippen molar-refractivity contribution in [3.05, 3.63) is 39.4 Å². The summed E-state index contributed by atoms with van der Waals surface area (Å²) in [5.74, 6) is 1.87. The van der Waals surface area contributed by atoms with E-state index in [4.69, 9.17) is 0 Å². The summed E-state index contributed by atoms with van der Waals surface area (Å²) in [6, 6.07) is 1.61. The number of nitro benzene ring substituents is 1. The Morgan fingerprint density at radius 2 is 1.89 bits per heavy atom. The van der Waals surface area contributed by atoms with Crippen molar-refractivity contribution in [2.75, 3.05) is 6.26 Å². The quantitative estimate of drug-likeness (QED) is 0.450. The minimum Gasteiger partial charge on any atom is -0.258 e. The first-order chi connectivity index (χ1) is 8.50. The Balaban J connectivity index is 3.48. The van der Waals surface area contributed by atoms with Crippen LogP contribution >= 0.6 is 0 Å². The number of nitro groups is 1. The monoisotopic (exact) mass is 293 g/mol. The van der Waals surface area contributed by atoms with Crippen LogP contribution in [-0.4, -0.2) is 19.6 Å². The third-order valence-electron chi connectivity index (χ3n) is 1.89. The molecular weight excluding hydrogens is 287 g/mol. The normalized spacial score (nSPS) is 11.6. The number of rotatable bonds is 1. The maximum absolute atomic E-state index is 12.4. The lowest BCUT2D eigenvalue weighted by Crippen LogP contribution is -2.06. The predicted molar refractivity (Wildman–Crippen MR) is 59.8 cm³/mol. The Morgan fingerprint density at radius 3 is 2.32 bits per heavy atom. The zero-order chi connectivity index (χ0) is 14.8. The topological polar surface area (TPSA) is 77.3 Å². The van der Waals surface area contributed by atoms with Crippen LogP contribution < -0.4 is 0 Å². The van der Waals surface area contributed by atoms with Crippen molar-refractivity contribution < 1.29 is 26.5 Å². The largest absolute Gasteiger partial charge is 0.416 e. The molecule has 0 aromatic heterocycles. The first kappa shape index (κ1) is 15.0. The smallest absolute Gasteiger partial charge is 0.258 e. The first-order valence-electron chi connectivity index (χ1n) is 4.59. The van der Waals surface area contributed by atoms with E-state index in [1.807, 2.05) is 5.92 Å². The molecule has 0 spiro atoms. The Hall–Kier alpha value is -2.08. The van der Waals surface area contributed by atoms with Gasteiger partial charge in [0.05, 0.1) is 16.7 Å². The lowest BCUT2D eigenvalue weighted by atomic mass is 10.1. The van der Waals surface area contributed by atoms with Crippen LogP contribution in [0.4, 0.5) is 18.9 Å². The Labute approximate surface area is 106 Å². The van der Waals surface area contributed by atoms with Gasteiger partial charge in [-0.05, 0) is 18.1 Å². The number of nitrogens with zero attached hydrogens (tertiary/aromatic N) is 1. The molecule has 102 valence electrons. The molecular formula is C10H6F3NO4S. The molecule has 1 rings (SSSR count). The highest BCUT2D eigenvalue weighted by molar-refractivity contribution is 7.95. The summed E-state index contributed by atoms with van der Waals surface area (Å²) in [5.41, 5.74) is -2.44. The van der Waals surface area contributed by atoms with Crippen molar-refractivity contribution in [3.63, 3.8) is 0 Å². The number of benzene rings is 1. The molecule has 0 saturated carbocycles. The lowest BCUT2D eigenvalue weighted by Gasteiger charge is -2.06. The fourth-order valence-electron chi connectivity index (χ4n) is 1.12. The van der Waals surface area contributed by atoms with E-state index in [2.05, 4.69) is 0 Å². The van der Waals surface area contributed by atoms with Crippen LogP contribution in [0.2, 0.25) is 0 Å².